The summed E-state index contributed by atoms with van der Waals surface area (Å²) in [4.78, 5) is 4.12. The quantitative estimate of drug-likeness (QED) is 0.809. The van der Waals surface area contributed by atoms with Crippen molar-refractivity contribution in [1.82, 2.24) is 4.98 Å². The highest BCUT2D eigenvalue weighted by Gasteiger charge is 2.20. The molecule has 1 aromatic heterocycles. The van der Waals surface area contributed by atoms with Gasteiger partial charge < -0.3 is 15.2 Å². The lowest BCUT2D eigenvalue weighted by Crippen LogP contribution is -2.19. The lowest BCUT2D eigenvalue weighted by atomic mass is 10.1. The van der Waals surface area contributed by atoms with Gasteiger partial charge in [-0.05, 0) is 18.1 Å². The molecule has 0 amide bonds. The van der Waals surface area contributed by atoms with Gasteiger partial charge in [0.25, 0.3) is 0 Å². The maximum Gasteiger partial charge on any atom is 0.159 e. The summed E-state index contributed by atoms with van der Waals surface area (Å²) in [6.45, 7) is 3.35. The Labute approximate surface area is 89.4 Å². The summed E-state index contributed by atoms with van der Waals surface area (Å²) in [5.74, 6) is 0. The zero-order valence-electron chi connectivity index (χ0n) is 8.85. The molecule has 2 N–H and O–H groups in total. The lowest BCUT2D eigenvalue weighted by molar-refractivity contribution is -0.0507. The molecule has 1 saturated heterocycles. The van der Waals surface area contributed by atoms with Gasteiger partial charge in [0.2, 0.25) is 0 Å². The normalized spacial score (nSPS) is 19.3. The van der Waals surface area contributed by atoms with E-state index < -0.39 is 0 Å². The number of hydrogen-bond acceptors (Lipinski definition) is 4. The largest absolute Gasteiger partial charge is 0.350 e. The molecule has 2 heterocycles. The van der Waals surface area contributed by atoms with Crippen LogP contribution in [0.15, 0.2) is 18.5 Å². The van der Waals surface area contributed by atoms with Crippen molar-refractivity contribution in [2.75, 3.05) is 13.2 Å². The molecular weight excluding hydrogens is 192 g/mol. The standard InChI is InChI=1S/C11H16N2O2/c1-8-4-9(7-13-6-8)10(12)5-11-14-2-3-15-11/h4,6-7,10-11H,2-3,5,12H2,1H3. The van der Waals surface area contributed by atoms with E-state index in [1.807, 2.05) is 19.2 Å². The van der Waals surface area contributed by atoms with Gasteiger partial charge in [0.05, 0.1) is 13.2 Å². The molecule has 4 heteroatoms. The second kappa shape index (κ2) is 4.70. The summed E-state index contributed by atoms with van der Waals surface area (Å²) in [5.41, 5.74) is 8.20. The first-order chi connectivity index (χ1) is 7.25. The van der Waals surface area contributed by atoms with Crippen molar-refractivity contribution in [3.8, 4) is 0 Å². The molecule has 1 aliphatic rings. The molecule has 0 radical (unpaired) electrons. The predicted molar refractivity (Wildman–Crippen MR) is 56.2 cm³/mol. The van der Waals surface area contributed by atoms with E-state index in [-0.39, 0.29) is 12.3 Å². The Morgan fingerprint density at radius 1 is 1.47 bits per heavy atom. The third-order valence-corrected chi connectivity index (χ3v) is 2.46. The summed E-state index contributed by atoms with van der Waals surface area (Å²) in [7, 11) is 0. The average molecular weight is 208 g/mol. The van der Waals surface area contributed by atoms with Gasteiger partial charge in [-0.3, -0.25) is 4.98 Å². The minimum atomic E-state index is -0.152. The number of aryl methyl sites for hydroxylation is 1. The number of nitrogens with zero attached hydrogens (tertiary/aromatic N) is 1. The molecule has 1 unspecified atom stereocenters. The van der Waals surface area contributed by atoms with Crippen LogP contribution in [-0.2, 0) is 9.47 Å². The predicted octanol–water partition coefficient (Wildman–Crippen LogP) is 1.15. The van der Waals surface area contributed by atoms with Gasteiger partial charge in [-0.15, -0.1) is 0 Å². The van der Waals surface area contributed by atoms with E-state index >= 15 is 0 Å². The van der Waals surface area contributed by atoms with E-state index in [1.54, 1.807) is 6.20 Å². The molecule has 15 heavy (non-hydrogen) atoms. The van der Waals surface area contributed by atoms with Crippen LogP contribution in [0.4, 0.5) is 0 Å². The maximum absolute atomic E-state index is 6.04. The number of ether oxygens (including phenoxy) is 2. The van der Waals surface area contributed by atoms with E-state index in [1.165, 1.54) is 0 Å². The Balaban J connectivity index is 1.97. The van der Waals surface area contributed by atoms with Crippen molar-refractivity contribution in [2.45, 2.75) is 25.7 Å². The van der Waals surface area contributed by atoms with Crippen LogP contribution in [0.5, 0.6) is 0 Å². The van der Waals surface area contributed by atoms with Crippen LogP contribution < -0.4 is 5.73 Å². The summed E-state index contributed by atoms with van der Waals surface area (Å²) >= 11 is 0. The van der Waals surface area contributed by atoms with Crippen LogP contribution in [0.1, 0.15) is 23.6 Å². The number of nitrogens with two attached hydrogens (primary N) is 1. The molecule has 2 rings (SSSR count). The number of pyridine rings is 1. The molecular formula is C11H16N2O2. The number of hydrogen-bond donors (Lipinski definition) is 1. The van der Waals surface area contributed by atoms with E-state index in [2.05, 4.69) is 4.98 Å². The number of rotatable bonds is 3. The van der Waals surface area contributed by atoms with Crippen LogP contribution in [-0.4, -0.2) is 24.5 Å². The van der Waals surface area contributed by atoms with Gasteiger partial charge in [0, 0.05) is 24.9 Å². The van der Waals surface area contributed by atoms with Gasteiger partial charge in [-0.25, -0.2) is 0 Å². The zero-order valence-corrected chi connectivity index (χ0v) is 8.85. The summed E-state index contributed by atoms with van der Waals surface area (Å²) < 4.78 is 10.7. The average Bonchev–Trinajstić information content (AvgIpc) is 2.70. The summed E-state index contributed by atoms with van der Waals surface area (Å²) in [6.07, 6.45) is 4.15. The van der Waals surface area contributed by atoms with Gasteiger partial charge in [-0.1, -0.05) is 6.07 Å². The first-order valence-electron chi connectivity index (χ1n) is 5.16. The molecule has 0 aliphatic carbocycles. The molecule has 0 spiro atoms. The second-order valence-corrected chi connectivity index (χ2v) is 3.81. The maximum atomic E-state index is 6.04. The van der Waals surface area contributed by atoms with Crippen LogP contribution in [0.3, 0.4) is 0 Å². The monoisotopic (exact) mass is 208 g/mol. The van der Waals surface area contributed by atoms with E-state index in [0.717, 1.165) is 11.1 Å². The van der Waals surface area contributed by atoms with Crippen LogP contribution in [0.25, 0.3) is 0 Å². The fourth-order valence-electron chi connectivity index (χ4n) is 1.67. The third-order valence-electron chi connectivity index (χ3n) is 2.46. The highest BCUT2D eigenvalue weighted by Crippen LogP contribution is 2.19. The minimum Gasteiger partial charge on any atom is -0.350 e. The molecule has 1 atom stereocenters. The van der Waals surface area contributed by atoms with Crippen molar-refractivity contribution in [1.29, 1.82) is 0 Å². The smallest absolute Gasteiger partial charge is 0.159 e. The number of aromatic nitrogens is 1. The van der Waals surface area contributed by atoms with Gasteiger partial charge in [-0.2, -0.15) is 0 Å². The lowest BCUT2D eigenvalue weighted by Gasteiger charge is -2.15. The van der Waals surface area contributed by atoms with E-state index in [9.17, 15) is 0 Å². The van der Waals surface area contributed by atoms with Crippen LogP contribution in [0.2, 0.25) is 0 Å². The van der Waals surface area contributed by atoms with Crippen molar-refractivity contribution in [2.24, 2.45) is 5.73 Å². The second-order valence-electron chi connectivity index (χ2n) is 3.81. The van der Waals surface area contributed by atoms with E-state index in [0.29, 0.717) is 19.6 Å². The van der Waals surface area contributed by atoms with Crippen molar-refractivity contribution >= 4 is 0 Å². The molecule has 0 bridgehead atoms. The SMILES string of the molecule is Cc1cncc(C(N)CC2OCCO2)c1. The van der Waals surface area contributed by atoms with Crippen molar-refractivity contribution in [3.63, 3.8) is 0 Å². The molecule has 0 saturated carbocycles. The topological polar surface area (TPSA) is 57.4 Å². The Kier molecular flexibility index (Phi) is 3.30. The van der Waals surface area contributed by atoms with Crippen molar-refractivity contribution in [3.05, 3.63) is 29.6 Å². The third kappa shape index (κ3) is 2.75. The van der Waals surface area contributed by atoms with Gasteiger partial charge in [0.1, 0.15) is 0 Å². The molecule has 82 valence electrons. The van der Waals surface area contributed by atoms with Crippen LogP contribution in [0, 0.1) is 6.92 Å². The van der Waals surface area contributed by atoms with Crippen LogP contribution >= 0.6 is 0 Å². The molecule has 1 aliphatic heterocycles. The summed E-state index contributed by atoms with van der Waals surface area (Å²) in [5, 5.41) is 0. The fraction of sp³-hybridized carbons (Fsp3) is 0.545. The first kappa shape index (κ1) is 10.5. The van der Waals surface area contributed by atoms with Gasteiger partial charge in [0.15, 0.2) is 6.29 Å². The fourth-order valence-corrected chi connectivity index (χ4v) is 1.67. The molecule has 0 aromatic carbocycles. The first-order valence-corrected chi connectivity index (χ1v) is 5.16. The Bertz CT molecular complexity index is 324. The summed E-state index contributed by atoms with van der Waals surface area (Å²) in [6, 6.07) is 1.98. The van der Waals surface area contributed by atoms with E-state index in [4.69, 9.17) is 15.2 Å². The molecule has 1 aromatic rings. The Hall–Kier alpha value is -0.970. The Morgan fingerprint density at radius 3 is 2.87 bits per heavy atom. The highest BCUT2D eigenvalue weighted by molar-refractivity contribution is 5.19. The molecule has 1 fully saturated rings. The molecule has 4 nitrogen and oxygen atoms in total. The van der Waals surface area contributed by atoms with Gasteiger partial charge >= 0.3 is 0 Å². The highest BCUT2D eigenvalue weighted by atomic mass is 16.7. The zero-order chi connectivity index (χ0) is 10.7. The van der Waals surface area contributed by atoms with Crippen molar-refractivity contribution < 1.29 is 9.47 Å². The minimum absolute atomic E-state index is 0.0690. The Morgan fingerprint density at radius 2 is 2.20 bits per heavy atom.